The number of nitrogens with one attached hydrogen (secondary N) is 1. The highest BCUT2D eigenvalue weighted by Crippen LogP contribution is 2.28. The van der Waals surface area contributed by atoms with Gasteiger partial charge >= 0.3 is 5.97 Å². The predicted molar refractivity (Wildman–Crippen MR) is 104 cm³/mol. The van der Waals surface area contributed by atoms with Crippen LogP contribution in [0.1, 0.15) is 61.0 Å². The van der Waals surface area contributed by atoms with Gasteiger partial charge in [0.2, 0.25) is 0 Å². The van der Waals surface area contributed by atoms with Gasteiger partial charge in [0.15, 0.2) is 6.04 Å². The normalized spacial score (nSPS) is 17.0. The first-order valence-electron chi connectivity index (χ1n) is 9.75. The Morgan fingerprint density at radius 2 is 1.85 bits per heavy atom. The van der Waals surface area contributed by atoms with E-state index in [-0.39, 0.29) is 17.9 Å². The van der Waals surface area contributed by atoms with Crippen LogP contribution in [0.3, 0.4) is 0 Å². The monoisotopic (exact) mass is 361 g/mol. The van der Waals surface area contributed by atoms with Gasteiger partial charge in [-0.2, -0.15) is 0 Å². The second-order valence-electron chi connectivity index (χ2n) is 7.65. The van der Waals surface area contributed by atoms with Crippen LogP contribution >= 0.6 is 0 Å². The van der Waals surface area contributed by atoms with Gasteiger partial charge in [0.25, 0.3) is 5.91 Å². The summed E-state index contributed by atoms with van der Waals surface area (Å²) in [5, 5.41) is 3.08. The molecule has 0 spiro atoms. The Labute approximate surface area is 157 Å². The molecule has 144 valence electrons. The lowest BCUT2D eigenvalue weighted by molar-refractivity contribution is -0.913. The number of likely N-dealkylation sites (N-methyl/N-ethyl adjacent to an activating group) is 1. The number of esters is 1. The molecule has 0 saturated carbocycles. The lowest BCUT2D eigenvalue weighted by atomic mass is 10.0. The number of amides is 1. The minimum atomic E-state index is -0.386. The summed E-state index contributed by atoms with van der Waals surface area (Å²) in [6, 6.07) is 3.69. The van der Waals surface area contributed by atoms with E-state index in [9.17, 15) is 9.59 Å². The highest BCUT2D eigenvalue weighted by Gasteiger charge is 2.40. The van der Waals surface area contributed by atoms with Crippen molar-refractivity contribution in [2.24, 2.45) is 0 Å². The smallest absolute Gasteiger partial charge is 0.340 e. The molecule has 1 aromatic rings. The number of anilines is 1. The van der Waals surface area contributed by atoms with Crippen molar-refractivity contribution in [1.82, 2.24) is 0 Å². The number of likely N-dealkylation sites (tertiary alicyclic amines) is 1. The molecule has 1 heterocycles. The fourth-order valence-corrected chi connectivity index (χ4v) is 4.08. The molecule has 5 nitrogen and oxygen atoms in total. The minimum absolute atomic E-state index is 0.00810. The van der Waals surface area contributed by atoms with Crippen LogP contribution in [0.5, 0.6) is 0 Å². The second kappa shape index (κ2) is 8.67. The van der Waals surface area contributed by atoms with Crippen molar-refractivity contribution in [3.63, 3.8) is 0 Å². The van der Waals surface area contributed by atoms with Gasteiger partial charge in [-0.15, -0.1) is 0 Å². The number of carbonyl (C=O) groups excluding carboxylic acids is 2. The van der Waals surface area contributed by atoms with Gasteiger partial charge in [-0.25, -0.2) is 4.79 Å². The average Bonchev–Trinajstić information content (AvgIpc) is 3.02. The third kappa shape index (κ3) is 4.44. The summed E-state index contributed by atoms with van der Waals surface area (Å²) < 4.78 is 5.98. The minimum Gasteiger partial charge on any atom is -0.462 e. The highest BCUT2D eigenvalue weighted by molar-refractivity contribution is 6.03. The number of benzene rings is 1. The second-order valence-corrected chi connectivity index (χ2v) is 7.65. The van der Waals surface area contributed by atoms with Crippen molar-refractivity contribution in [2.45, 2.75) is 59.4 Å². The molecule has 1 fully saturated rings. The van der Waals surface area contributed by atoms with E-state index in [1.165, 1.54) is 12.8 Å². The van der Waals surface area contributed by atoms with Gasteiger partial charge in [0.05, 0.1) is 38.0 Å². The highest BCUT2D eigenvalue weighted by atomic mass is 16.5. The first-order chi connectivity index (χ1) is 12.3. The molecule has 1 unspecified atom stereocenters. The molecule has 2 rings (SSSR count). The maximum Gasteiger partial charge on any atom is 0.340 e. The van der Waals surface area contributed by atoms with Crippen molar-refractivity contribution >= 4 is 17.6 Å². The van der Waals surface area contributed by atoms with Gasteiger partial charge in [-0.05, 0) is 44.4 Å². The predicted octanol–water partition coefficient (Wildman–Crippen LogP) is 3.83. The van der Waals surface area contributed by atoms with E-state index < -0.39 is 0 Å². The Morgan fingerprint density at radius 1 is 1.19 bits per heavy atom. The lowest BCUT2D eigenvalue weighted by Crippen LogP contribution is -2.55. The van der Waals surface area contributed by atoms with E-state index in [4.69, 9.17) is 4.74 Å². The first-order valence-corrected chi connectivity index (χ1v) is 9.75. The Bertz CT molecular complexity index is 663. The molecule has 26 heavy (non-hydrogen) atoms. The third-order valence-corrected chi connectivity index (χ3v) is 5.43. The largest absolute Gasteiger partial charge is 0.462 e. The molecule has 1 saturated heterocycles. The van der Waals surface area contributed by atoms with Crippen LogP contribution in [0, 0.1) is 13.8 Å². The van der Waals surface area contributed by atoms with E-state index in [2.05, 4.69) is 19.3 Å². The Hall–Kier alpha value is -1.88. The Kier molecular flexibility index (Phi) is 6.81. The molecule has 5 heteroatoms. The van der Waals surface area contributed by atoms with Crippen LogP contribution in [0.4, 0.5) is 5.69 Å². The molecular weight excluding hydrogens is 328 g/mol. The van der Waals surface area contributed by atoms with Crippen molar-refractivity contribution in [3.05, 3.63) is 28.8 Å². The molecule has 0 aromatic heterocycles. The SMILES string of the molecule is CCCC(C(=O)Nc1c(C)cc(C)cc1C(=O)OCC)[N+]1(C)CCCC1. The zero-order chi connectivity index (χ0) is 19.3. The molecule has 1 amide bonds. The van der Waals surface area contributed by atoms with E-state index in [1.54, 1.807) is 13.0 Å². The summed E-state index contributed by atoms with van der Waals surface area (Å²) in [5.41, 5.74) is 2.90. The maximum absolute atomic E-state index is 13.2. The Balaban J connectivity index is 2.33. The zero-order valence-electron chi connectivity index (χ0n) is 16.9. The van der Waals surface area contributed by atoms with Crippen molar-refractivity contribution in [2.75, 3.05) is 32.1 Å². The third-order valence-electron chi connectivity index (χ3n) is 5.43. The fourth-order valence-electron chi connectivity index (χ4n) is 4.08. The lowest BCUT2D eigenvalue weighted by Gasteiger charge is -2.37. The van der Waals surface area contributed by atoms with Crippen LogP contribution in [-0.2, 0) is 9.53 Å². The molecule has 1 N–H and O–H groups in total. The number of carbonyl (C=O) groups is 2. The average molecular weight is 362 g/mol. The van der Waals surface area contributed by atoms with E-state index in [1.807, 2.05) is 19.9 Å². The number of nitrogens with zero attached hydrogens (tertiary/aromatic N) is 1. The standard InChI is InChI=1S/C21H32N2O3/c1-6-10-18(23(5)11-8-9-12-23)20(24)22-19-16(4)13-15(3)14-17(19)21(25)26-7-2/h13-14,18H,6-12H2,1-5H3/p+1. The van der Waals surface area contributed by atoms with Gasteiger partial charge < -0.3 is 14.5 Å². The van der Waals surface area contributed by atoms with Crippen LogP contribution in [0.15, 0.2) is 12.1 Å². The van der Waals surface area contributed by atoms with Crippen LogP contribution in [-0.4, -0.2) is 49.1 Å². The molecular formula is C21H33N2O3+. The maximum atomic E-state index is 13.2. The molecule has 1 aliphatic heterocycles. The number of rotatable bonds is 7. The van der Waals surface area contributed by atoms with Gasteiger partial charge in [0.1, 0.15) is 0 Å². The summed E-state index contributed by atoms with van der Waals surface area (Å²) in [6.07, 6.45) is 4.15. The van der Waals surface area contributed by atoms with Crippen molar-refractivity contribution in [3.8, 4) is 0 Å². The summed E-state index contributed by atoms with van der Waals surface area (Å²) >= 11 is 0. The number of aryl methyl sites for hydroxylation is 2. The summed E-state index contributed by atoms with van der Waals surface area (Å²) in [5.74, 6) is -0.378. The number of ether oxygens (including phenoxy) is 1. The van der Waals surface area contributed by atoms with Crippen LogP contribution in [0.25, 0.3) is 0 Å². The molecule has 1 aliphatic rings. The number of quaternary nitrogens is 1. The zero-order valence-corrected chi connectivity index (χ0v) is 16.9. The van der Waals surface area contributed by atoms with Crippen LogP contribution < -0.4 is 5.32 Å². The quantitative estimate of drug-likeness (QED) is 0.593. The van der Waals surface area contributed by atoms with Crippen molar-refractivity contribution < 1.29 is 18.8 Å². The van der Waals surface area contributed by atoms with Gasteiger partial charge in [0, 0.05) is 19.3 Å². The molecule has 0 bridgehead atoms. The topological polar surface area (TPSA) is 55.4 Å². The number of hydrogen-bond acceptors (Lipinski definition) is 3. The molecule has 1 aromatic carbocycles. The Morgan fingerprint density at radius 3 is 2.42 bits per heavy atom. The van der Waals surface area contributed by atoms with E-state index in [0.29, 0.717) is 17.9 Å². The van der Waals surface area contributed by atoms with Gasteiger partial charge in [-0.1, -0.05) is 13.0 Å². The molecule has 0 aliphatic carbocycles. The summed E-state index contributed by atoms with van der Waals surface area (Å²) in [6.45, 7) is 10.2. The molecule has 1 atom stereocenters. The fraction of sp³-hybridized carbons (Fsp3) is 0.619. The summed E-state index contributed by atoms with van der Waals surface area (Å²) in [7, 11) is 2.18. The number of hydrogen-bond donors (Lipinski definition) is 1. The van der Waals surface area contributed by atoms with E-state index >= 15 is 0 Å². The first kappa shape index (κ1) is 20.4. The van der Waals surface area contributed by atoms with E-state index in [0.717, 1.165) is 41.5 Å². The van der Waals surface area contributed by atoms with Gasteiger partial charge in [-0.3, -0.25) is 4.79 Å². The molecule has 0 radical (unpaired) electrons. The summed E-state index contributed by atoms with van der Waals surface area (Å²) in [4.78, 5) is 25.6. The van der Waals surface area contributed by atoms with Crippen LogP contribution in [0.2, 0.25) is 0 Å². The van der Waals surface area contributed by atoms with Crippen molar-refractivity contribution in [1.29, 1.82) is 0 Å².